The van der Waals surface area contributed by atoms with Crippen LogP contribution in [0.5, 0.6) is 0 Å². The Hall–Kier alpha value is -3.92. The monoisotopic (exact) mass is 467 g/mol. The molecule has 3 aromatic heterocycles. The van der Waals surface area contributed by atoms with Crippen LogP contribution >= 0.6 is 0 Å². The van der Waals surface area contributed by atoms with E-state index in [1.54, 1.807) is 18.2 Å². The first-order valence-corrected chi connectivity index (χ1v) is 10.7. The van der Waals surface area contributed by atoms with Gasteiger partial charge >= 0.3 is 0 Å². The molecule has 0 saturated heterocycles. The van der Waals surface area contributed by atoms with Crippen molar-refractivity contribution in [1.82, 2.24) is 24.6 Å². The van der Waals surface area contributed by atoms with E-state index in [1.165, 1.54) is 17.5 Å². The van der Waals surface area contributed by atoms with Gasteiger partial charge in [-0.1, -0.05) is 12.1 Å². The van der Waals surface area contributed by atoms with Crippen LogP contribution in [0.15, 0.2) is 47.4 Å². The van der Waals surface area contributed by atoms with E-state index in [1.807, 2.05) is 11.0 Å². The summed E-state index contributed by atoms with van der Waals surface area (Å²) in [7, 11) is 1.45. The number of hydrogen-bond donors (Lipinski definition) is 2. The van der Waals surface area contributed by atoms with Crippen molar-refractivity contribution in [3.63, 3.8) is 0 Å². The number of hydrogen-bond acceptors (Lipinski definition) is 4. The minimum absolute atomic E-state index is 0.00605. The highest BCUT2D eigenvalue weighted by Crippen LogP contribution is 2.27. The fourth-order valence-electron chi connectivity index (χ4n) is 4.30. The molecular formula is C24H20F3N5O2. The number of H-pyrrole nitrogens is 1. The number of carbonyl (C=O) groups is 1. The highest BCUT2D eigenvalue weighted by atomic mass is 19.1. The van der Waals surface area contributed by atoms with Crippen LogP contribution in [-0.2, 0) is 6.54 Å². The van der Waals surface area contributed by atoms with Crippen LogP contribution in [0.3, 0.4) is 0 Å². The van der Waals surface area contributed by atoms with Gasteiger partial charge < -0.3 is 14.7 Å². The summed E-state index contributed by atoms with van der Waals surface area (Å²) in [5.41, 5.74) is 1.41. The zero-order valence-electron chi connectivity index (χ0n) is 18.2. The maximum absolute atomic E-state index is 15.3. The van der Waals surface area contributed by atoms with Crippen LogP contribution in [0.1, 0.15) is 28.0 Å². The lowest BCUT2D eigenvalue weighted by Gasteiger charge is -2.27. The van der Waals surface area contributed by atoms with E-state index >= 15 is 4.39 Å². The van der Waals surface area contributed by atoms with Gasteiger partial charge in [0, 0.05) is 50.1 Å². The molecule has 2 N–H and O–H groups in total. The first-order valence-electron chi connectivity index (χ1n) is 10.7. The number of pyridine rings is 1. The van der Waals surface area contributed by atoms with E-state index in [9.17, 15) is 18.4 Å². The van der Waals surface area contributed by atoms with Crippen molar-refractivity contribution in [2.45, 2.75) is 13.0 Å². The second kappa shape index (κ2) is 8.45. The quantitative estimate of drug-likeness (QED) is 0.452. The van der Waals surface area contributed by atoms with Crippen molar-refractivity contribution in [3.05, 3.63) is 87.4 Å². The molecule has 0 fully saturated rings. The molecule has 1 amide bonds. The average molecular weight is 467 g/mol. The molecule has 4 aromatic rings. The predicted octanol–water partition coefficient (Wildman–Crippen LogP) is 3.24. The number of nitrogens with one attached hydrogen (secondary N) is 2. The van der Waals surface area contributed by atoms with E-state index in [0.717, 1.165) is 17.8 Å². The van der Waals surface area contributed by atoms with Gasteiger partial charge in [0.05, 0.1) is 5.52 Å². The maximum Gasteiger partial charge on any atom is 0.272 e. The molecule has 34 heavy (non-hydrogen) atoms. The second-order valence-electron chi connectivity index (χ2n) is 8.13. The summed E-state index contributed by atoms with van der Waals surface area (Å²) in [6, 6.07) is 7.39. The Balaban J connectivity index is 1.38. The van der Waals surface area contributed by atoms with E-state index in [4.69, 9.17) is 0 Å². The van der Waals surface area contributed by atoms with Gasteiger partial charge in [-0.25, -0.2) is 13.8 Å². The summed E-state index contributed by atoms with van der Waals surface area (Å²) in [4.78, 5) is 32.1. The molecule has 1 aliphatic rings. The molecular weight excluding hydrogens is 447 g/mol. The maximum atomic E-state index is 15.3. The Morgan fingerprint density at radius 3 is 2.71 bits per heavy atom. The van der Waals surface area contributed by atoms with Crippen molar-refractivity contribution in [2.24, 2.45) is 0 Å². The molecule has 1 aliphatic heterocycles. The van der Waals surface area contributed by atoms with Gasteiger partial charge in [-0.3, -0.25) is 14.5 Å². The fourth-order valence-corrected chi connectivity index (χ4v) is 4.30. The van der Waals surface area contributed by atoms with Crippen molar-refractivity contribution in [1.29, 1.82) is 0 Å². The number of amides is 1. The molecule has 0 bridgehead atoms. The molecule has 10 heteroatoms. The van der Waals surface area contributed by atoms with Crippen molar-refractivity contribution in [2.75, 3.05) is 20.1 Å². The summed E-state index contributed by atoms with van der Waals surface area (Å²) < 4.78 is 44.7. The van der Waals surface area contributed by atoms with Gasteiger partial charge in [0.1, 0.15) is 22.5 Å². The van der Waals surface area contributed by atoms with Gasteiger partial charge in [0.2, 0.25) is 5.95 Å². The van der Waals surface area contributed by atoms with Crippen molar-refractivity contribution >= 4 is 28.0 Å². The third-order valence-corrected chi connectivity index (χ3v) is 6.06. The van der Waals surface area contributed by atoms with Gasteiger partial charge in [0.15, 0.2) is 5.82 Å². The molecule has 0 aliphatic carbocycles. The van der Waals surface area contributed by atoms with Gasteiger partial charge in [-0.2, -0.15) is 4.39 Å². The van der Waals surface area contributed by atoms with Crippen LogP contribution in [0, 0.1) is 17.6 Å². The first kappa shape index (κ1) is 21.9. The molecule has 5 rings (SSSR count). The van der Waals surface area contributed by atoms with Gasteiger partial charge in [-0.05, 0) is 30.2 Å². The lowest BCUT2D eigenvalue weighted by molar-refractivity contribution is 0.0957. The van der Waals surface area contributed by atoms with E-state index in [-0.39, 0.29) is 23.3 Å². The molecule has 7 nitrogen and oxygen atoms in total. The van der Waals surface area contributed by atoms with E-state index in [0.29, 0.717) is 36.2 Å². The summed E-state index contributed by atoms with van der Waals surface area (Å²) in [6.45, 7) is 1.29. The summed E-state index contributed by atoms with van der Waals surface area (Å²) in [5, 5.41) is 2.41. The van der Waals surface area contributed by atoms with Gasteiger partial charge in [0.25, 0.3) is 11.5 Å². The van der Waals surface area contributed by atoms with Crippen LogP contribution in [0.2, 0.25) is 0 Å². The normalized spacial score (nSPS) is 14.5. The average Bonchev–Trinajstić information content (AvgIpc) is 3.24. The van der Waals surface area contributed by atoms with Crippen molar-refractivity contribution < 1.29 is 18.0 Å². The van der Waals surface area contributed by atoms with Crippen LogP contribution in [0.4, 0.5) is 13.2 Å². The number of benzene rings is 1. The smallest absolute Gasteiger partial charge is 0.272 e. The van der Waals surface area contributed by atoms with E-state index in [2.05, 4.69) is 15.3 Å². The largest absolute Gasteiger partial charge is 0.354 e. The number of aromatic nitrogens is 3. The standard InChI is InChI=1S/C24H20F3N5O2/c1-28-23(33)17-4-3-16(22(27)29-17)13-6-8-31(9-7-13)11-14-2-5-18-21(20(14)26)30-24(34)19-10-15(25)12-32(18)19/h2-6,10,12H,7-9,11H2,1H3,(H,28,33)(H,30,34). The van der Waals surface area contributed by atoms with Crippen LogP contribution in [-0.4, -0.2) is 45.3 Å². The number of carbonyl (C=O) groups excluding carboxylic acids is 1. The number of halogens is 3. The predicted molar refractivity (Wildman–Crippen MR) is 121 cm³/mol. The van der Waals surface area contributed by atoms with E-state index < -0.39 is 29.0 Å². The lowest BCUT2D eigenvalue weighted by Crippen LogP contribution is -2.28. The molecule has 4 heterocycles. The molecule has 174 valence electrons. The summed E-state index contributed by atoms with van der Waals surface area (Å²) in [5.74, 6) is -2.32. The van der Waals surface area contributed by atoms with Crippen molar-refractivity contribution in [3.8, 4) is 0 Å². The molecule has 0 saturated carbocycles. The first-order chi connectivity index (χ1) is 16.4. The molecule has 0 spiro atoms. The minimum atomic E-state index is -0.710. The molecule has 1 aromatic carbocycles. The molecule has 0 unspecified atom stereocenters. The SMILES string of the molecule is CNC(=O)c1ccc(C2=CCN(Cc3ccc4c([nH]c(=O)c5cc(F)cn54)c3F)CC2)c(F)n1. The van der Waals surface area contributed by atoms with Crippen LogP contribution < -0.4 is 10.9 Å². The summed E-state index contributed by atoms with van der Waals surface area (Å²) >= 11 is 0. The Labute approximate surface area is 191 Å². The van der Waals surface area contributed by atoms with Crippen LogP contribution in [0.25, 0.3) is 22.1 Å². The Bertz CT molecular complexity index is 1540. The molecule has 0 radical (unpaired) electrons. The number of aromatic amines is 1. The highest BCUT2D eigenvalue weighted by Gasteiger charge is 2.20. The fraction of sp³-hybridized carbons (Fsp3) is 0.208. The van der Waals surface area contributed by atoms with Gasteiger partial charge in [-0.15, -0.1) is 0 Å². The lowest BCUT2D eigenvalue weighted by atomic mass is 10.00. The Kier molecular flexibility index (Phi) is 5.45. The Morgan fingerprint density at radius 2 is 2.00 bits per heavy atom. The third kappa shape index (κ3) is 3.75. The topological polar surface area (TPSA) is 82.5 Å². The number of fused-ring (bicyclic) bond motifs is 3. The second-order valence-corrected chi connectivity index (χ2v) is 8.13. The number of rotatable bonds is 4. The Morgan fingerprint density at radius 1 is 1.18 bits per heavy atom. The third-order valence-electron chi connectivity index (χ3n) is 6.06. The zero-order chi connectivity index (χ0) is 24.0. The zero-order valence-corrected chi connectivity index (χ0v) is 18.2. The summed E-state index contributed by atoms with van der Waals surface area (Å²) in [6.07, 6.45) is 3.53. The molecule has 0 atom stereocenters. The minimum Gasteiger partial charge on any atom is -0.354 e. The highest BCUT2D eigenvalue weighted by molar-refractivity contribution is 5.92. The number of nitrogens with zero attached hydrogens (tertiary/aromatic N) is 3.